The van der Waals surface area contributed by atoms with Crippen molar-refractivity contribution in [3.05, 3.63) is 5.15 Å². The number of aromatic nitrogens is 2. The first-order valence-electron chi connectivity index (χ1n) is 4.66. The number of nitrogens with two attached hydrogens (primary N) is 1. The van der Waals surface area contributed by atoms with Crippen LogP contribution in [0.2, 0.25) is 5.15 Å². The van der Waals surface area contributed by atoms with Crippen molar-refractivity contribution in [3.8, 4) is 0 Å². The molecule has 0 aliphatic heterocycles. The van der Waals surface area contributed by atoms with Gasteiger partial charge in [0.1, 0.15) is 0 Å². The molecule has 0 unspecified atom stereocenters. The van der Waals surface area contributed by atoms with Crippen LogP contribution in [0.15, 0.2) is 0 Å². The molecule has 0 saturated heterocycles. The zero-order valence-corrected chi connectivity index (χ0v) is 10.0. The van der Waals surface area contributed by atoms with Crippen LogP contribution in [0.1, 0.15) is 19.8 Å². The Hall–Kier alpha value is -0.880. The minimum atomic E-state index is -0.393. The quantitative estimate of drug-likeness (QED) is 0.823. The number of nitrogens with zero attached hydrogens (tertiary/aromatic N) is 3. The average molecular weight is 249 g/mol. The Morgan fingerprint density at radius 1 is 1.60 bits per heavy atom. The zero-order valence-electron chi connectivity index (χ0n) is 8.44. The van der Waals surface area contributed by atoms with Crippen molar-refractivity contribution in [2.45, 2.75) is 19.8 Å². The molecule has 1 rings (SSSR count). The second-order valence-electron chi connectivity index (χ2n) is 3.12. The van der Waals surface area contributed by atoms with Crippen LogP contribution in [0.4, 0.5) is 5.82 Å². The molecule has 1 aromatic rings. The Balaban J connectivity index is 2.71. The molecular formula is C8H13ClN4OS. The van der Waals surface area contributed by atoms with Gasteiger partial charge in [0, 0.05) is 6.54 Å². The summed E-state index contributed by atoms with van der Waals surface area (Å²) in [4.78, 5) is 12.6. The molecule has 0 radical (unpaired) electrons. The van der Waals surface area contributed by atoms with Crippen LogP contribution < -0.4 is 10.6 Å². The van der Waals surface area contributed by atoms with Gasteiger partial charge >= 0.3 is 0 Å². The van der Waals surface area contributed by atoms with Crippen molar-refractivity contribution < 1.29 is 4.79 Å². The molecule has 0 aromatic carbocycles. The van der Waals surface area contributed by atoms with Gasteiger partial charge in [0.2, 0.25) is 5.91 Å². The predicted octanol–water partition coefficient (Wildman–Crippen LogP) is 1.28. The average Bonchev–Trinajstić information content (AvgIpc) is 2.58. The van der Waals surface area contributed by atoms with E-state index in [9.17, 15) is 4.79 Å². The van der Waals surface area contributed by atoms with Gasteiger partial charge in [-0.05, 0) is 6.42 Å². The highest BCUT2D eigenvalue weighted by Gasteiger charge is 2.15. The molecular weight excluding hydrogens is 236 g/mol. The van der Waals surface area contributed by atoms with E-state index in [1.807, 2.05) is 0 Å². The second kappa shape index (κ2) is 5.87. The fourth-order valence-corrected chi connectivity index (χ4v) is 1.94. The molecule has 1 aromatic heterocycles. The van der Waals surface area contributed by atoms with Crippen molar-refractivity contribution in [1.82, 2.24) is 8.75 Å². The van der Waals surface area contributed by atoms with Crippen molar-refractivity contribution in [2.75, 3.05) is 18.0 Å². The molecule has 1 heterocycles. The van der Waals surface area contributed by atoms with Gasteiger partial charge in [-0.2, -0.15) is 8.75 Å². The van der Waals surface area contributed by atoms with Crippen molar-refractivity contribution in [3.63, 3.8) is 0 Å². The van der Waals surface area contributed by atoms with E-state index in [1.54, 1.807) is 4.90 Å². The summed E-state index contributed by atoms with van der Waals surface area (Å²) in [5.74, 6) is 0.157. The van der Waals surface area contributed by atoms with Gasteiger partial charge in [-0.15, -0.1) is 0 Å². The van der Waals surface area contributed by atoms with E-state index in [-0.39, 0.29) is 6.54 Å². The third kappa shape index (κ3) is 3.64. The van der Waals surface area contributed by atoms with E-state index < -0.39 is 5.91 Å². The fourth-order valence-electron chi connectivity index (χ4n) is 1.16. The lowest BCUT2D eigenvalue weighted by molar-refractivity contribution is -0.116. The van der Waals surface area contributed by atoms with Crippen LogP contribution >= 0.6 is 23.3 Å². The maximum Gasteiger partial charge on any atom is 0.237 e. The zero-order chi connectivity index (χ0) is 11.3. The first-order chi connectivity index (χ1) is 7.15. The molecule has 0 bridgehead atoms. The van der Waals surface area contributed by atoms with Crippen molar-refractivity contribution in [2.24, 2.45) is 5.73 Å². The van der Waals surface area contributed by atoms with Crippen LogP contribution in [0.25, 0.3) is 0 Å². The van der Waals surface area contributed by atoms with Crippen LogP contribution in [-0.2, 0) is 4.79 Å². The molecule has 5 nitrogen and oxygen atoms in total. The summed E-state index contributed by atoms with van der Waals surface area (Å²) in [6.45, 7) is 2.92. The Kier molecular flexibility index (Phi) is 4.77. The van der Waals surface area contributed by atoms with Gasteiger partial charge in [-0.3, -0.25) is 4.79 Å². The lowest BCUT2D eigenvalue weighted by Gasteiger charge is -2.19. The normalized spacial score (nSPS) is 10.3. The summed E-state index contributed by atoms with van der Waals surface area (Å²) < 4.78 is 7.89. The van der Waals surface area contributed by atoms with E-state index in [4.69, 9.17) is 17.3 Å². The second-order valence-corrected chi connectivity index (χ2v) is 4.01. The Morgan fingerprint density at radius 2 is 2.33 bits per heavy atom. The van der Waals surface area contributed by atoms with Gasteiger partial charge in [0.15, 0.2) is 11.0 Å². The minimum absolute atomic E-state index is 0.130. The molecule has 84 valence electrons. The monoisotopic (exact) mass is 248 g/mol. The number of carbonyl (C=O) groups is 1. The van der Waals surface area contributed by atoms with Crippen molar-refractivity contribution >= 4 is 35.1 Å². The Bertz CT molecular complexity index is 330. The van der Waals surface area contributed by atoms with Crippen LogP contribution in [-0.4, -0.2) is 27.7 Å². The van der Waals surface area contributed by atoms with Crippen LogP contribution in [0, 0.1) is 0 Å². The summed E-state index contributed by atoms with van der Waals surface area (Å²) in [6, 6.07) is 0. The lowest BCUT2D eigenvalue weighted by atomic mass is 10.3. The first kappa shape index (κ1) is 12.2. The maximum absolute atomic E-state index is 10.9. The smallest absolute Gasteiger partial charge is 0.237 e. The number of primary amides is 1. The van der Waals surface area contributed by atoms with Gasteiger partial charge in [0.05, 0.1) is 18.3 Å². The lowest BCUT2D eigenvalue weighted by Crippen LogP contribution is -2.34. The van der Waals surface area contributed by atoms with E-state index in [2.05, 4.69) is 15.7 Å². The first-order valence-corrected chi connectivity index (χ1v) is 5.77. The maximum atomic E-state index is 10.9. The van der Waals surface area contributed by atoms with E-state index >= 15 is 0 Å². The van der Waals surface area contributed by atoms with Gasteiger partial charge in [-0.25, -0.2) is 0 Å². The van der Waals surface area contributed by atoms with Gasteiger partial charge < -0.3 is 10.6 Å². The van der Waals surface area contributed by atoms with Gasteiger partial charge in [0.25, 0.3) is 0 Å². The standard InChI is InChI=1S/C8H13ClN4OS/c1-2-3-4-13(5-6(10)14)8-7(9)11-15-12-8/h2-5H2,1H3,(H2,10,14). The summed E-state index contributed by atoms with van der Waals surface area (Å²) in [6.07, 6.45) is 1.99. The molecule has 0 aliphatic rings. The number of unbranched alkanes of at least 4 members (excludes halogenated alkanes) is 1. The Morgan fingerprint density at radius 3 is 2.80 bits per heavy atom. The largest absolute Gasteiger partial charge is 0.368 e. The molecule has 2 N–H and O–H groups in total. The SMILES string of the molecule is CCCCN(CC(N)=O)c1nsnc1Cl. The summed E-state index contributed by atoms with van der Waals surface area (Å²) >= 11 is 6.87. The van der Waals surface area contributed by atoms with E-state index in [0.717, 1.165) is 24.6 Å². The number of rotatable bonds is 6. The van der Waals surface area contributed by atoms with Gasteiger partial charge in [-0.1, -0.05) is 24.9 Å². The summed E-state index contributed by atoms with van der Waals surface area (Å²) in [5, 5.41) is 0.331. The Labute approximate surface area is 97.5 Å². The summed E-state index contributed by atoms with van der Waals surface area (Å²) in [5.41, 5.74) is 5.15. The number of carbonyl (C=O) groups excluding carboxylic acids is 1. The van der Waals surface area contributed by atoms with Crippen molar-refractivity contribution in [1.29, 1.82) is 0 Å². The highest BCUT2D eigenvalue weighted by atomic mass is 35.5. The number of hydrogen-bond acceptors (Lipinski definition) is 5. The predicted molar refractivity (Wildman–Crippen MR) is 61.2 cm³/mol. The fraction of sp³-hybridized carbons (Fsp3) is 0.625. The molecule has 0 aliphatic carbocycles. The van der Waals surface area contributed by atoms with Crippen LogP contribution in [0.5, 0.6) is 0 Å². The van der Waals surface area contributed by atoms with Crippen LogP contribution in [0.3, 0.4) is 0 Å². The molecule has 0 atom stereocenters. The van der Waals surface area contributed by atoms with E-state index in [1.165, 1.54) is 0 Å². The molecule has 0 spiro atoms. The molecule has 0 fully saturated rings. The highest BCUT2D eigenvalue weighted by Crippen LogP contribution is 2.22. The van der Waals surface area contributed by atoms with E-state index in [0.29, 0.717) is 17.5 Å². The number of anilines is 1. The number of halogens is 1. The summed E-state index contributed by atoms with van der Waals surface area (Å²) in [7, 11) is 0. The topological polar surface area (TPSA) is 72.1 Å². The highest BCUT2D eigenvalue weighted by molar-refractivity contribution is 6.99. The molecule has 1 amide bonds. The molecule has 7 heteroatoms. The number of amides is 1. The molecule has 15 heavy (non-hydrogen) atoms. The molecule has 0 saturated carbocycles. The minimum Gasteiger partial charge on any atom is -0.368 e. The third-order valence-electron chi connectivity index (χ3n) is 1.86. The third-order valence-corrected chi connectivity index (χ3v) is 2.73. The number of hydrogen-bond donors (Lipinski definition) is 1.